The molecule has 0 amide bonds. The Morgan fingerprint density at radius 1 is 0.941 bits per heavy atom. The maximum atomic E-state index is 13.2. The standard InChI is InChI=1S/C25H19F2N3O4/c26-20-6-4-18(13-21(20)27)33-10-2-9-32-17-5-7-24-19(12-17)22(29-31)14-25(34-24)23-11-16-3-1-8-30(16)15-28-23/h1,3-8,11-15,31H,2,9-10H2/b29-22+. The van der Waals surface area contributed by atoms with Crippen molar-refractivity contribution in [3.8, 4) is 23.0 Å². The number of benzene rings is 2. The van der Waals surface area contributed by atoms with Crippen molar-refractivity contribution in [3.05, 3.63) is 90.2 Å². The van der Waals surface area contributed by atoms with E-state index < -0.39 is 11.6 Å². The fourth-order valence-corrected chi connectivity index (χ4v) is 3.52. The van der Waals surface area contributed by atoms with Gasteiger partial charge >= 0.3 is 0 Å². The van der Waals surface area contributed by atoms with Gasteiger partial charge in [0.15, 0.2) is 17.4 Å². The number of rotatable bonds is 7. The SMILES string of the molecule is O/N=c1\cc(-c2cc3cccn3cn2)oc2ccc(OCCCOc3ccc(F)c(F)c3)cc12. The molecule has 0 atom stereocenters. The highest BCUT2D eigenvalue weighted by molar-refractivity contribution is 5.80. The first kappa shape index (κ1) is 21.4. The van der Waals surface area contributed by atoms with Crippen LogP contribution >= 0.6 is 0 Å². The van der Waals surface area contributed by atoms with Crippen LogP contribution in [0, 0.1) is 11.6 Å². The highest BCUT2D eigenvalue weighted by Gasteiger charge is 2.10. The summed E-state index contributed by atoms with van der Waals surface area (Å²) < 4.78 is 45.2. The minimum Gasteiger partial charge on any atom is -0.493 e. The van der Waals surface area contributed by atoms with Crippen molar-refractivity contribution in [1.82, 2.24) is 9.38 Å². The number of halogens is 2. The van der Waals surface area contributed by atoms with Crippen LogP contribution in [0.4, 0.5) is 8.78 Å². The molecule has 9 heteroatoms. The molecule has 0 aliphatic carbocycles. The number of ether oxygens (including phenoxy) is 2. The largest absolute Gasteiger partial charge is 0.493 e. The first-order chi connectivity index (χ1) is 16.6. The Balaban J connectivity index is 1.28. The number of hydrogen-bond acceptors (Lipinski definition) is 6. The molecule has 3 heterocycles. The lowest BCUT2D eigenvalue weighted by molar-refractivity contribution is 0.246. The highest BCUT2D eigenvalue weighted by atomic mass is 19.2. The summed E-state index contributed by atoms with van der Waals surface area (Å²) in [5.41, 5.74) is 2.08. The van der Waals surface area contributed by atoms with Gasteiger partial charge in [0.25, 0.3) is 0 Å². The summed E-state index contributed by atoms with van der Waals surface area (Å²) >= 11 is 0. The molecular formula is C25H19F2N3O4. The lowest BCUT2D eigenvalue weighted by atomic mass is 10.2. The lowest BCUT2D eigenvalue weighted by Crippen LogP contribution is -2.07. The minimum absolute atomic E-state index is 0.252. The quantitative estimate of drug-likeness (QED) is 0.205. The van der Waals surface area contributed by atoms with E-state index in [1.54, 1.807) is 30.6 Å². The molecule has 0 fully saturated rings. The molecular weight excluding hydrogens is 444 g/mol. The third kappa shape index (κ3) is 4.40. The summed E-state index contributed by atoms with van der Waals surface area (Å²) in [7, 11) is 0. The summed E-state index contributed by atoms with van der Waals surface area (Å²) in [5, 5.41) is 13.9. The molecule has 34 heavy (non-hydrogen) atoms. The third-order valence-corrected chi connectivity index (χ3v) is 5.21. The van der Waals surface area contributed by atoms with E-state index in [1.165, 1.54) is 6.07 Å². The first-order valence-corrected chi connectivity index (χ1v) is 10.5. The van der Waals surface area contributed by atoms with Gasteiger partial charge in [-0.1, -0.05) is 5.16 Å². The van der Waals surface area contributed by atoms with Crippen molar-refractivity contribution in [3.63, 3.8) is 0 Å². The first-order valence-electron chi connectivity index (χ1n) is 10.5. The molecule has 0 aliphatic heterocycles. The molecule has 0 saturated heterocycles. The zero-order valence-electron chi connectivity index (χ0n) is 17.8. The molecule has 5 aromatic rings. The van der Waals surface area contributed by atoms with Gasteiger partial charge in [-0.05, 0) is 48.5 Å². The molecule has 0 aliphatic rings. The van der Waals surface area contributed by atoms with Crippen molar-refractivity contribution >= 4 is 16.5 Å². The average Bonchev–Trinajstić information content (AvgIpc) is 3.33. The Morgan fingerprint density at radius 3 is 2.53 bits per heavy atom. The summed E-state index contributed by atoms with van der Waals surface area (Å²) in [6.07, 6.45) is 4.10. The predicted octanol–water partition coefficient (Wildman–Crippen LogP) is 5.16. The second-order valence-corrected chi connectivity index (χ2v) is 7.49. The van der Waals surface area contributed by atoms with E-state index in [0.717, 1.165) is 17.6 Å². The van der Waals surface area contributed by atoms with Crippen LogP contribution in [-0.4, -0.2) is 27.8 Å². The molecule has 2 aromatic carbocycles. The smallest absolute Gasteiger partial charge is 0.162 e. The van der Waals surface area contributed by atoms with Crippen LogP contribution in [0.3, 0.4) is 0 Å². The van der Waals surface area contributed by atoms with Gasteiger partial charge in [-0.2, -0.15) is 0 Å². The molecule has 172 valence electrons. The summed E-state index contributed by atoms with van der Waals surface area (Å²) in [6, 6.07) is 16.0. The van der Waals surface area contributed by atoms with Crippen molar-refractivity contribution in [1.29, 1.82) is 0 Å². The third-order valence-electron chi connectivity index (χ3n) is 5.21. The zero-order valence-corrected chi connectivity index (χ0v) is 17.8. The second kappa shape index (κ2) is 9.22. The Kier molecular flexibility index (Phi) is 5.82. The van der Waals surface area contributed by atoms with E-state index in [4.69, 9.17) is 13.9 Å². The molecule has 0 radical (unpaired) electrons. The van der Waals surface area contributed by atoms with Crippen LogP contribution in [-0.2, 0) is 0 Å². The van der Waals surface area contributed by atoms with Crippen molar-refractivity contribution in [2.24, 2.45) is 5.16 Å². The normalized spacial score (nSPS) is 11.9. The molecule has 7 nitrogen and oxygen atoms in total. The second-order valence-electron chi connectivity index (χ2n) is 7.49. The number of nitrogens with zero attached hydrogens (tertiary/aromatic N) is 3. The number of fused-ring (bicyclic) bond motifs is 2. The van der Waals surface area contributed by atoms with E-state index in [1.807, 2.05) is 28.8 Å². The van der Waals surface area contributed by atoms with Gasteiger partial charge in [0.2, 0.25) is 0 Å². The summed E-state index contributed by atoms with van der Waals surface area (Å²) in [6.45, 7) is 0.602. The van der Waals surface area contributed by atoms with E-state index in [9.17, 15) is 14.0 Å². The van der Waals surface area contributed by atoms with E-state index in [2.05, 4.69) is 10.1 Å². The maximum absolute atomic E-state index is 13.2. The molecule has 5 rings (SSSR count). The van der Waals surface area contributed by atoms with E-state index in [0.29, 0.717) is 46.6 Å². The molecule has 1 N–H and O–H groups in total. The van der Waals surface area contributed by atoms with Crippen molar-refractivity contribution < 1.29 is 27.9 Å². The van der Waals surface area contributed by atoms with E-state index in [-0.39, 0.29) is 12.4 Å². The topological polar surface area (TPSA) is 81.5 Å². The summed E-state index contributed by atoms with van der Waals surface area (Å²) in [5.74, 6) is -0.599. The maximum Gasteiger partial charge on any atom is 0.162 e. The van der Waals surface area contributed by atoms with Crippen LogP contribution in [0.25, 0.3) is 27.9 Å². The van der Waals surface area contributed by atoms with Crippen LogP contribution in [0.15, 0.2) is 82.8 Å². The van der Waals surface area contributed by atoms with Gasteiger partial charge in [-0.3, -0.25) is 0 Å². The molecule has 0 spiro atoms. The van der Waals surface area contributed by atoms with Gasteiger partial charge in [0, 0.05) is 30.3 Å². The fourth-order valence-electron chi connectivity index (χ4n) is 3.52. The molecule has 0 unspecified atom stereocenters. The Hall–Kier alpha value is -4.40. The van der Waals surface area contributed by atoms with Gasteiger partial charge < -0.3 is 23.5 Å². The van der Waals surface area contributed by atoms with Gasteiger partial charge in [-0.25, -0.2) is 13.8 Å². The highest BCUT2D eigenvalue weighted by Crippen LogP contribution is 2.25. The van der Waals surface area contributed by atoms with E-state index >= 15 is 0 Å². The Bertz CT molecular complexity index is 1540. The van der Waals surface area contributed by atoms with Crippen LogP contribution < -0.4 is 14.8 Å². The Labute approximate surface area is 192 Å². The van der Waals surface area contributed by atoms with Crippen molar-refractivity contribution in [2.45, 2.75) is 6.42 Å². The van der Waals surface area contributed by atoms with Gasteiger partial charge in [0.05, 0.1) is 24.9 Å². The molecule has 0 bridgehead atoms. The predicted molar refractivity (Wildman–Crippen MR) is 120 cm³/mol. The van der Waals surface area contributed by atoms with Crippen molar-refractivity contribution in [2.75, 3.05) is 13.2 Å². The average molecular weight is 463 g/mol. The number of hydrogen-bond donors (Lipinski definition) is 1. The number of aromatic nitrogens is 2. The van der Waals surface area contributed by atoms with Crippen LogP contribution in [0.2, 0.25) is 0 Å². The van der Waals surface area contributed by atoms with Gasteiger partial charge in [0.1, 0.15) is 28.1 Å². The minimum atomic E-state index is -0.954. The molecule has 0 saturated carbocycles. The van der Waals surface area contributed by atoms with Gasteiger partial charge in [-0.15, -0.1) is 0 Å². The van der Waals surface area contributed by atoms with Crippen LogP contribution in [0.1, 0.15) is 6.42 Å². The Morgan fingerprint density at radius 2 is 1.74 bits per heavy atom. The monoisotopic (exact) mass is 463 g/mol. The summed E-state index contributed by atoms with van der Waals surface area (Å²) in [4.78, 5) is 4.41. The molecule has 3 aromatic heterocycles. The van der Waals surface area contributed by atoms with Crippen LogP contribution in [0.5, 0.6) is 11.5 Å². The fraction of sp³-hybridized carbons (Fsp3) is 0.120. The lowest BCUT2D eigenvalue weighted by Gasteiger charge is -2.09. The zero-order chi connectivity index (χ0) is 23.5.